The third-order valence-electron chi connectivity index (χ3n) is 5.08. The third kappa shape index (κ3) is 4.16. The highest BCUT2D eigenvalue weighted by Crippen LogP contribution is 2.29. The normalized spacial score (nSPS) is 22.4. The molecule has 0 amide bonds. The number of rotatable bonds is 4. The molecule has 0 aliphatic carbocycles. The van der Waals surface area contributed by atoms with Crippen LogP contribution in [0.25, 0.3) is 0 Å². The molecule has 2 heterocycles. The van der Waals surface area contributed by atoms with Gasteiger partial charge in [-0.1, -0.05) is 12.1 Å². The predicted octanol–water partition coefficient (Wildman–Crippen LogP) is 2.05. The molecule has 1 unspecified atom stereocenters. The number of nitrogens with one attached hydrogen (secondary N) is 1. The van der Waals surface area contributed by atoms with Crippen molar-refractivity contribution < 1.29 is 17.9 Å². The summed E-state index contributed by atoms with van der Waals surface area (Å²) in [6.07, 6.45) is 4.10. The summed E-state index contributed by atoms with van der Waals surface area (Å²) in [5, 5.41) is 3.51. The van der Waals surface area contributed by atoms with E-state index in [1.165, 1.54) is 36.4 Å². The standard InChI is InChI=1S/C17H24N2O4S.ClH/c1-23-17(20)14-5-2-3-7-16(14)24(21,22)19-11-8-13(9-12-19)15-6-4-10-18-15;/h2-3,5,7,13,15,18H,4,6,8-12H2,1H3;1H. The lowest BCUT2D eigenvalue weighted by Crippen LogP contribution is -2.43. The fraction of sp³-hybridized carbons (Fsp3) is 0.588. The number of carbonyl (C=O) groups excluding carboxylic acids is 1. The molecule has 8 heteroatoms. The topological polar surface area (TPSA) is 75.7 Å². The number of nitrogens with zero attached hydrogens (tertiary/aromatic N) is 1. The Hall–Kier alpha value is -1.15. The van der Waals surface area contributed by atoms with Crippen molar-refractivity contribution in [2.45, 2.75) is 36.6 Å². The van der Waals surface area contributed by atoms with E-state index in [4.69, 9.17) is 4.74 Å². The quantitative estimate of drug-likeness (QED) is 0.799. The van der Waals surface area contributed by atoms with E-state index in [2.05, 4.69) is 5.32 Å². The largest absolute Gasteiger partial charge is 0.465 e. The van der Waals surface area contributed by atoms with Crippen LogP contribution in [0.3, 0.4) is 0 Å². The highest BCUT2D eigenvalue weighted by atomic mass is 35.5. The van der Waals surface area contributed by atoms with Gasteiger partial charge in [0.05, 0.1) is 17.6 Å². The minimum atomic E-state index is -3.68. The van der Waals surface area contributed by atoms with E-state index in [0.29, 0.717) is 25.0 Å². The van der Waals surface area contributed by atoms with Crippen molar-refractivity contribution in [2.24, 2.45) is 5.92 Å². The average Bonchev–Trinajstić information content (AvgIpc) is 3.16. The maximum Gasteiger partial charge on any atom is 0.339 e. The van der Waals surface area contributed by atoms with Gasteiger partial charge in [0.1, 0.15) is 0 Å². The lowest BCUT2D eigenvalue weighted by atomic mass is 9.89. The molecule has 2 aliphatic heterocycles. The zero-order valence-electron chi connectivity index (χ0n) is 14.3. The Morgan fingerprint density at radius 2 is 1.88 bits per heavy atom. The summed E-state index contributed by atoms with van der Waals surface area (Å²) in [4.78, 5) is 11.9. The van der Waals surface area contributed by atoms with Crippen LogP contribution < -0.4 is 5.32 Å². The van der Waals surface area contributed by atoms with Crippen LogP contribution in [0.5, 0.6) is 0 Å². The fourth-order valence-electron chi connectivity index (χ4n) is 3.74. The Morgan fingerprint density at radius 1 is 1.20 bits per heavy atom. The van der Waals surface area contributed by atoms with Crippen molar-refractivity contribution in [3.63, 3.8) is 0 Å². The molecule has 2 saturated heterocycles. The summed E-state index contributed by atoms with van der Waals surface area (Å²) in [6, 6.07) is 6.77. The first-order valence-corrected chi connectivity index (χ1v) is 9.89. The van der Waals surface area contributed by atoms with Crippen molar-refractivity contribution in [3.05, 3.63) is 29.8 Å². The Kier molecular flexibility index (Phi) is 6.85. The van der Waals surface area contributed by atoms with Crippen LogP contribution in [-0.2, 0) is 14.8 Å². The number of carbonyl (C=O) groups is 1. The molecular formula is C17H25ClN2O4S. The minimum Gasteiger partial charge on any atom is -0.465 e. The van der Waals surface area contributed by atoms with E-state index >= 15 is 0 Å². The Bertz CT molecular complexity index is 696. The molecule has 25 heavy (non-hydrogen) atoms. The van der Waals surface area contributed by atoms with Gasteiger partial charge in [-0.15, -0.1) is 12.4 Å². The molecule has 1 aromatic rings. The second-order valence-corrected chi connectivity index (χ2v) is 8.34. The molecule has 1 N–H and O–H groups in total. The number of halogens is 1. The Morgan fingerprint density at radius 3 is 2.48 bits per heavy atom. The van der Waals surface area contributed by atoms with E-state index in [1.54, 1.807) is 12.1 Å². The molecule has 3 rings (SSSR count). The van der Waals surface area contributed by atoms with Crippen molar-refractivity contribution >= 4 is 28.4 Å². The second kappa shape index (κ2) is 8.49. The molecule has 1 aromatic carbocycles. The van der Waals surface area contributed by atoms with Crippen molar-refractivity contribution in [1.82, 2.24) is 9.62 Å². The average molecular weight is 389 g/mol. The zero-order chi connectivity index (χ0) is 17.2. The number of ether oxygens (including phenoxy) is 1. The Labute approximate surface area is 155 Å². The molecule has 140 valence electrons. The molecule has 0 spiro atoms. The summed E-state index contributed by atoms with van der Waals surface area (Å²) in [5.41, 5.74) is 0.0968. The number of methoxy groups -OCH3 is 1. The lowest BCUT2D eigenvalue weighted by Gasteiger charge is -2.34. The summed E-state index contributed by atoms with van der Waals surface area (Å²) in [6.45, 7) is 2.07. The van der Waals surface area contributed by atoms with E-state index in [-0.39, 0.29) is 22.9 Å². The molecule has 2 aliphatic rings. The van der Waals surface area contributed by atoms with Gasteiger partial charge in [-0.25, -0.2) is 13.2 Å². The number of sulfonamides is 1. The lowest BCUT2D eigenvalue weighted by molar-refractivity contribution is 0.0596. The van der Waals surface area contributed by atoms with Gasteiger partial charge in [0, 0.05) is 19.1 Å². The van der Waals surface area contributed by atoms with E-state index in [0.717, 1.165) is 19.4 Å². The first kappa shape index (κ1) is 20.2. The van der Waals surface area contributed by atoms with E-state index < -0.39 is 16.0 Å². The van der Waals surface area contributed by atoms with Crippen molar-refractivity contribution in [1.29, 1.82) is 0 Å². The van der Waals surface area contributed by atoms with Crippen molar-refractivity contribution in [2.75, 3.05) is 26.7 Å². The van der Waals surface area contributed by atoms with E-state index in [9.17, 15) is 13.2 Å². The van der Waals surface area contributed by atoms with Gasteiger partial charge in [0.15, 0.2) is 0 Å². The van der Waals surface area contributed by atoms with Crippen LogP contribution in [0.4, 0.5) is 0 Å². The summed E-state index contributed by atoms with van der Waals surface area (Å²) >= 11 is 0. The molecular weight excluding hydrogens is 364 g/mol. The summed E-state index contributed by atoms with van der Waals surface area (Å²) in [5.74, 6) is -0.0889. The SMILES string of the molecule is COC(=O)c1ccccc1S(=O)(=O)N1CCC(C2CCCN2)CC1.Cl. The van der Waals surface area contributed by atoms with Gasteiger partial charge in [-0.05, 0) is 50.3 Å². The minimum absolute atomic E-state index is 0. The maximum absolute atomic E-state index is 13.0. The van der Waals surface area contributed by atoms with Gasteiger partial charge in [-0.3, -0.25) is 0 Å². The van der Waals surface area contributed by atoms with Crippen LogP contribution in [0.1, 0.15) is 36.0 Å². The monoisotopic (exact) mass is 388 g/mol. The Balaban J connectivity index is 0.00000225. The number of hydrogen-bond donors (Lipinski definition) is 1. The van der Waals surface area contributed by atoms with Crippen LogP contribution in [0.2, 0.25) is 0 Å². The van der Waals surface area contributed by atoms with Crippen LogP contribution in [0, 0.1) is 5.92 Å². The van der Waals surface area contributed by atoms with Gasteiger partial charge in [0.2, 0.25) is 10.0 Å². The molecule has 1 atom stereocenters. The van der Waals surface area contributed by atoms with Crippen molar-refractivity contribution in [3.8, 4) is 0 Å². The molecule has 0 saturated carbocycles. The predicted molar refractivity (Wildman–Crippen MR) is 97.5 cm³/mol. The van der Waals surface area contributed by atoms with Gasteiger partial charge >= 0.3 is 5.97 Å². The van der Waals surface area contributed by atoms with E-state index in [1.807, 2.05) is 0 Å². The molecule has 0 bridgehead atoms. The number of piperidine rings is 1. The number of hydrogen-bond acceptors (Lipinski definition) is 5. The van der Waals surface area contributed by atoms with Gasteiger partial charge in [0.25, 0.3) is 0 Å². The van der Waals surface area contributed by atoms with Crippen LogP contribution in [-0.4, -0.2) is 51.5 Å². The highest BCUT2D eigenvalue weighted by Gasteiger charge is 2.35. The summed E-state index contributed by atoms with van der Waals surface area (Å²) in [7, 11) is -2.43. The third-order valence-corrected chi connectivity index (χ3v) is 7.03. The maximum atomic E-state index is 13.0. The first-order chi connectivity index (χ1) is 11.5. The smallest absolute Gasteiger partial charge is 0.339 e. The molecule has 2 fully saturated rings. The zero-order valence-corrected chi connectivity index (χ0v) is 15.9. The number of benzene rings is 1. The van der Waals surface area contributed by atoms with Gasteiger partial charge < -0.3 is 10.1 Å². The molecule has 0 radical (unpaired) electrons. The molecule has 6 nitrogen and oxygen atoms in total. The number of esters is 1. The molecule has 0 aromatic heterocycles. The second-order valence-electron chi connectivity index (χ2n) is 6.43. The summed E-state index contributed by atoms with van der Waals surface area (Å²) < 4.78 is 32.1. The van der Waals surface area contributed by atoms with Crippen LogP contribution in [0.15, 0.2) is 29.2 Å². The first-order valence-electron chi connectivity index (χ1n) is 8.45. The fourth-order valence-corrected chi connectivity index (χ4v) is 5.39. The van der Waals surface area contributed by atoms with Gasteiger partial charge in [-0.2, -0.15) is 4.31 Å². The van der Waals surface area contributed by atoms with Crippen LogP contribution >= 0.6 is 12.4 Å². The highest BCUT2D eigenvalue weighted by molar-refractivity contribution is 7.89.